The maximum absolute atomic E-state index is 10.6. The van der Waals surface area contributed by atoms with Gasteiger partial charge in [0.15, 0.2) is 0 Å². The number of hydrogen-bond donors (Lipinski definition) is 0. The van der Waals surface area contributed by atoms with Gasteiger partial charge in [-0.05, 0) is 19.3 Å². The maximum atomic E-state index is 10.6. The summed E-state index contributed by atoms with van der Waals surface area (Å²) in [6, 6.07) is 0. The Morgan fingerprint density at radius 1 is 1.29 bits per heavy atom. The first-order valence-electron chi connectivity index (χ1n) is 2.91. The molecule has 0 saturated heterocycles. The molecule has 3 aliphatic rings. The topological polar surface area (TPSA) is 17.1 Å². The van der Waals surface area contributed by atoms with E-state index in [0.29, 0.717) is 17.6 Å². The Bertz CT molecular complexity index is 101. The van der Waals surface area contributed by atoms with Crippen molar-refractivity contribution in [2.75, 3.05) is 0 Å². The Labute approximate surface area is 42.7 Å². The molecule has 2 unspecified atom stereocenters. The van der Waals surface area contributed by atoms with Gasteiger partial charge in [0.05, 0.1) is 0 Å². The molecular weight excluding hydrogens is 88.1 g/mol. The molecule has 0 aromatic heterocycles. The largest absolute Gasteiger partial charge is 0.299 e. The monoisotopic (exact) mass is 96.1 g/mol. The van der Waals surface area contributed by atoms with E-state index in [1.807, 2.05) is 0 Å². The highest BCUT2D eigenvalue weighted by Gasteiger charge is 2.45. The molecule has 0 spiro atoms. The van der Waals surface area contributed by atoms with Gasteiger partial charge in [-0.15, -0.1) is 0 Å². The van der Waals surface area contributed by atoms with Crippen molar-refractivity contribution >= 4 is 5.78 Å². The van der Waals surface area contributed by atoms with Crippen LogP contribution in [0.5, 0.6) is 0 Å². The average molecular weight is 96.1 g/mol. The van der Waals surface area contributed by atoms with E-state index in [9.17, 15) is 4.79 Å². The molecule has 3 rings (SSSR count). The SMILES string of the molecule is O=C1C2CCC1C2. The van der Waals surface area contributed by atoms with Gasteiger partial charge in [-0.1, -0.05) is 0 Å². The minimum Gasteiger partial charge on any atom is -0.299 e. The fraction of sp³-hybridized carbons (Fsp3) is 0.833. The van der Waals surface area contributed by atoms with Crippen molar-refractivity contribution in [2.45, 2.75) is 19.3 Å². The van der Waals surface area contributed by atoms with Crippen molar-refractivity contribution in [3.8, 4) is 0 Å². The van der Waals surface area contributed by atoms with Crippen LogP contribution < -0.4 is 0 Å². The average Bonchev–Trinajstić information content (AvgIpc) is 2.18. The van der Waals surface area contributed by atoms with E-state index in [2.05, 4.69) is 0 Å². The van der Waals surface area contributed by atoms with Gasteiger partial charge >= 0.3 is 0 Å². The predicted molar refractivity (Wildman–Crippen MR) is 25.8 cm³/mol. The van der Waals surface area contributed by atoms with Crippen LogP contribution in [0.3, 0.4) is 0 Å². The molecule has 38 valence electrons. The van der Waals surface area contributed by atoms with Crippen LogP contribution in [0.15, 0.2) is 0 Å². The first-order valence-corrected chi connectivity index (χ1v) is 2.91. The highest BCUT2D eigenvalue weighted by Crippen LogP contribution is 2.44. The summed E-state index contributed by atoms with van der Waals surface area (Å²) in [4.78, 5) is 10.6. The van der Waals surface area contributed by atoms with Crippen molar-refractivity contribution in [3.63, 3.8) is 0 Å². The lowest BCUT2D eigenvalue weighted by atomic mass is 9.83. The van der Waals surface area contributed by atoms with Gasteiger partial charge in [-0.25, -0.2) is 0 Å². The lowest BCUT2D eigenvalue weighted by Crippen LogP contribution is -2.26. The minimum atomic E-state index is 0.519. The van der Waals surface area contributed by atoms with Crippen molar-refractivity contribution in [2.24, 2.45) is 11.8 Å². The quantitative estimate of drug-likeness (QED) is 0.439. The van der Waals surface area contributed by atoms with Crippen LogP contribution in [0.4, 0.5) is 0 Å². The first-order chi connectivity index (χ1) is 3.38. The number of Topliss-reactive ketones (excluding diaryl/α,β-unsaturated/α-hetero) is 1. The Morgan fingerprint density at radius 3 is 2.00 bits per heavy atom. The maximum Gasteiger partial charge on any atom is 0.139 e. The number of ketones is 1. The van der Waals surface area contributed by atoms with Crippen molar-refractivity contribution in [1.82, 2.24) is 0 Å². The molecule has 3 fully saturated rings. The summed E-state index contributed by atoms with van der Waals surface area (Å²) in [5, 5.41) is 0. The zero-order valence-electron chi connectivity index (χ0n) is 4.18. The van der Waals surface area contributed by atoms with E-state index in [1.54, 1.807) is 0 Å². The number of carbonyl (C=O) groups excluding carboxylic acids is 1. The van der Waals surface area contributed by atoms with Crippen LogP contribution in [-0.4, -0.2) is 5.78 Å². The van der Waals surface area contributed by atoms with Crippen LogP contribution in [0, 0.1) is 11.8 Å². The molecule has 3 aliphatic carbocycles. The second kappa shape index (κ2) is 0.908. The van der Waals surface area contributed by atoms with Crippen LogP contribution in [0.2, 0.25) is 0 Å². The fourth-order valence-electron chi connectivity index (χ4n) is 1.67. The number of rotatable bonds is 0. The van der Waals surface area contributed by atoms with Crippen molar-refractivity contribution in [1.29, 1.82) is 0 Å². The molecule has 0 amide bonds. The smallest absolute Gasteiger partial charge is 0.139 e. The van der Waals surface area contributed by atoms with E-state index in [-0.39, 0.29) is 0 Å². The highest BCUT2D eigenvalue weighted by molar-refractivity contribution is 5.90. The van der Waals surface area contributed by atoms with Gasteiger partial charge in [-0.2, -0.15) is 0 Å². The Kier molecular flexibility index (Phi) is 0.473. The fourth-order valence-corrected chi connectivity index (χ4v) is 1.67. The standard InChI is InChI=1S/C6H8O/c7-6-4-1-2-5(6)3-4/h4-5H,1-3H2. The number of fused-ring (bicyclic) bond motifs is 1. The van der Waals surface area contributed by atoms with E-state index in [4.69, 9.17) is 0 Å². The third-order valence-electron chi connectivity index (χ3n) is 2.24. The van der Waals surface area contributed by atoms with Crippen molar-refractivity contribution < 1.29 is 4.79 Å². The van der Waals surface area contributed by atoms with Crippen LogP contribution in [0.25, 0.3) is 0 Å². The second-order valence-corrected chi connectivity index (χ2v) is 2.61. The van der Waals surface area contributed by atoms with E-state index in [0.717, 1.165) is 0 Å². The molecule has 1 heteroatoms. The normalized spacial score (nSPS) is 46.6. The molecule has 2 bridgehead atoms. The highest BCUT2D eigenvalue weighted by atomic mass is 16.1. The molecule has 0 N–H and O–H groups in total. The molecule has 0 aliphatic heterocycles. The molecular formula is C6H8O. The zero-order chi connectivity index (χ0) is 4.85. The van der Waals surface area contributed by atoms with E-state index in [1.165, 1.54) is 19.3 Å². The molecule has 0 radical (unpaired) electrons. The van der Waals surface area contributed by atoms with Gasteiger partial charge in [0.25, 0.3) is 0 Å². The molecule has 0 aromatic carbocycles. The molecule has 1 nitrogen and oxygen atoms in total. The Hall–Kier alpha value is -0.330. The Balaban J connectivity index is 2.29. The molecule has 7 heavy (non-hydrogen) atoms. The Morgan fingerprint density at radius 2 is 1.86 bits per heavy atom. The minimum absolute atomic E-state index is 0.519. The summed E-state index contributed by atoms with van der Waals surface area (Å²) in [5.74, 6) is 1.59. The lowest BCUT2D eigenvalue weighted by molar-refractivity contribution is -0.130. The van der Waals surface area contributed by atoms with Crippen molar-refractivity contribution in [3.05, 3.63) is 0 Å². The lowest BCUT2D eigenvalue weighted by Gasteiger charge is -2.19. The molecule has 0 heterocycles. The van der Waals surface area contributed by atoms with E-state index < -0.39 is 0 Å². The van der Waals surface area contributed by atoms with E-state index >= 15 is 0 Å². The van der Waals surface area contributed by atoms with Gasteiger partial charge in [0.2, 0.25) is 0 Å². The van der Waals surface area contributed by atoms with Gasteiger partial charge < -0.3 is 0 Å². The van der Waals surface area contributed by atoms with Crippen LogP contribution >= 0.6 is 0 Å². The summed E-state index contributed by atoms with van der Waals surface area (Å²) in [5.41, 5.74) is 0. The number of carbonyl (C=O) groups is 1. The van der Waals surface area contributed by atoms with Gasteiger partial charge in [-0.3, -0.25) is 4.79 Å². The predicted octanol–water partition coefficient (Wildman–Crippen LogP) is 0.985. The molecule has 2 atom stereocenters. The summed E-state index contributed by atoms with van der Waals surface area (Å²) in [7, 11) is 0. The molecule has 0 aromatic rings. The first kappa shape index (κ1) is 3.65. The zero-order valence-corrected chi connectivity index (χ0v) is 4.18. The van der Waals surface area contributed by atoms with Gasteiger partial charge in [0, 0.05) is 11.8 Å². The van der Waals surface area contributed by atoms with Gasteiger partial charge in [0.1, 0.15) is 5.78 Å². The summed E-state index contributed by atoms with van der Waals surface area (Å²) >= 11 is 0. The van der Waals surface area contributed by atoms with Crippen LogP contribution in [-0.2, 0) is 4.79 Å². The third-order valence-corrected chi connectivity index (χ3v) is 2.24. The third kappa shape index (κ3) is 0.275. The summed E-state index contributed by atoms with van der Waals surface area (Å²) < 4.78 is 0. The number of hydrogen-bond acceptors (Lipinski definition) is 1. The summed E-state index contributed by atoms with van der Waals surface area (Å²) in [6.07, 6.45) is 3.62. The summed E-state index contributed by atoms with van der Waals surface area (Å²) in [6.45, 7) is 0. The van der Waals surface area contributed by atoms with Crippen LogP contribution in [0.1, 0.15) is 19.3 Å². The molecule has 3 saturated carbocycles. The second-order valence-electron chi connectivity index (χ2n) is 2.61.